The number of rotatable bonds is 3. The lowest BCUT2D eigenvalue weighted by atomic mass is 10.1. The van der Waals surface area contributed by atoms with Gasteiger partial charge in [-0.2, -0.15) is 0 Å². The van der Waals surface area contributed by atoms with Crippen LogP contribution in [0.2, 0.25) is 0 Å². The molecule has 0 aromatic heterocycles. The van der Waals surface area contributed by atoms with Gasteiger partial charge in [0.2, 0.25) is 0 Å². The fraction of sp³-hybridized carbons (Fsp3) is 0.533. The van der Waals surface area contributed by atoms with Gasteiger partial charge in [0.25, 0.3) is 0 Å². The Morgan fingerprint density at radius 1 is 1.11 bits per heavy atom. The zero-order chi connectivity index (χ0) is 12.4. The quantitative estimate of drug-likeness (QED) is 0.760. The van der Waals surface area contributed by atoms with Crippen LogP contribution in [0.3, 0.4) is 0 Å². The largest absolute Gasteiger partial charge is 0.293 e. The van der Waals surface area contributed by atoms with E-state index in [0.717, 1.165) is 12.1 Å². The molecule has 3 heteroatoms. The van der Waals surface area contributed by atoms with Crippen molar-refractivity contribution in [3.8, 4) is 0 Å². The van der Waals surface area contributed by atoms with Gasteiger partial charge < -0.3 is 0 Å². The second kappa shape index (κ2) is 5.21. The van der Waals surface area contributed by atoms with Crippen LogP contribution in [-0.2, 0) is 0 Å². The van der Waals surface area contributed by atoms with Crippen molar-refractivity contribution in [1.29, 1.82) is 0 Å². The third-order valence-electron chi connectivity index (χ3n) is 4.08. The average Bonchev–Trinajstić information content (AvgIpc) is 2.89. The average molecular weight is 244 g/mol. The van der Waals surface area contributed by atoms with Crippen molar-refractivity contribution in [2.45, 2.75) is 25.4 Å². The highest BCUT2D eigenvalue weighted by molar-refractivity contribution is 5.97. The highest BCUT2D eigenvalue weighted by atomic mass is 16.1. The van der Waals surface area contributed by atoms with E-state index in [0.29, 0.717) is 12.7 Å². The van der Waals surface area contributed by atoms with Crippen LogP contribution in [0.4, 0.5) is 0 Å². The first-order valence-corrected chi connectivity index (χ1v) is 6.91. The minimum Gasteiger partial charge on any atom is -0.293 e. The van der Waals surface area contributed by atoms with Crippen LogP contribution in [0, 0.1) is 0 Å². The molecule has 2 aliphatic rings. The predicted octanol–water partition coefficient (Wildman–Crippen LogP) is 2.00. The number of hydrogen-bond donors (Lipinski definition) is 0. The smallest absolute Gasteiger partial charge is 0.176 e. The molecule has 1 unspecified atom stereocenters. The summed E-state index contributed by atoms with van der Waals surface area (Å²) in [6.07, 6.45) is 4.22. The number of hydrogen-bond acceptors (Lipinski definition) is 3. The Hall–Kier alpha value is -1.19. The Bertz CT molecular complexity index is 418. The van der Waals surface area contributed by atoms with Crippen LogP contribution in [0.5, 0.6) is 0 Å². The Balaban J connectivity index is 1.67. The van der Waals surface area contributed by atoms with E-state index < -0.39 is 0 Å². The first-order valence-electron chi connectivity index (χ1n) is 6.91. The molecule has 18 heavy (non-hydrogen) atoms. The van der Waals surface area contributed by atoms with E-state index in [4.69, 9.17) is 0 Å². The van der Waals surface area contributed by atoms with Gasteiger partial charge in [0.1, 0.15) is 0 Å². The van der Waals surface area contributed by atoms with Gasteiger partial charge in [0.05, 0.1) is 12.7 Å². The molecule has 1 atom stereocenters. The molecule has 96 valence electrons. The van der Waals surface area contributed by atoms with Gasteiger partial charge in [-0.15, -0.1) is 0 Å². The van der Waals surface area contributed by atoms with E-state index in [9.17, 15) is 4.79 Å². The zero-order valence-corrected chi connectivity index (χ0v) is 10.7. The molecule has 3 nitrogen and oxygen atoms in total. The van der Waals surface area contributed by atoms with Gasteiger partial charge in [0.15, 0.2) is 5.78 Å². The number of carbonyl (C=O) groups is 1. The van der Waals surface area contributed by atoms with Gasteiger partial charge in [-0.05, 0) is 25.8 Å². The molecular weight excluding hydrogens is 224 g/mol. The topological polar surface area (TPSA) is 23.6 Å². The monoisotopic (exact) mass is 244 g/mol. The van der Waals surface area contributed by atoms with E-state index in [1.807, 2.05) is 30.3 Å². The molecule has 2 aliphatic heterocycles. The second-order valence-electron chi connectivity index (χ2n) is 5.27. The van der Waals surface area contributed by atoms with Crippen LogP contribution in [0.25, 0.3) is 0 Å². The van der Waals surface area contributed by atoms with Gasteiger partial charge in [-0.3, -0.25) is 14.6 Å². The number of carbonyl (C=O) groups excluding carboxylic acids is 1. The second-order valence-corrected chi connectivity index (χ2v) is 5.27. The molecule has 2 saturated heterocycles. The Morgan fingerprint density at radius 3 is 2.72 bits per heavy atom. The molecule has 0 aliphatic carbocycles. The van der Waals surface area contributed by atoms with Crippen LogP contribution in [0.1, 0.15) is 29.6 Å². The molecule has 0 radical (unpaired) electrons. The third-order valence-corrected chi connectivity index (χ3v) is 4.08. The normalized spacial score (nSPS) is 25.0. The van der Waals surface area contributed by atoms with Crippen molar-refractivity contribution in [3.05, 3.63) is 35.9 Å². The molecular formula is C15H20N2O. The lowest BCUT2D eigenvalue weighted by Gasteiger charge is -2.39. The Morgan fingerprint density at radius 2 is 1.89 bits per heavy atom. The molecule has 3 rings (SSSR count). The molecule has 2 fully saturated rings. The van der Waals surface area contributed by atoms with E-state index in [1.54, 1.807) is 0 Å². The van der Waals surface area contributed by atoms with Gasteiger partial charge in [0, 0.05) is 18.7 Å². The van der Waals surface area contributed by atoms with E-state index in [-0.39, 0.29) is 5.78 Å². The summed E-state index contributed by atoms with van der Waals surface area (Å²) in [5, 5.41) is 0. The maximum Gasteiger partial charge on any atom is 0.176 e. The summed E-state index contributed by atoms with van der Waals surface area (Å²) < 4.78 is 0. The molecule has 0 bridgehead atoms. The lowest BCUT2D eigenvalue weighted by molar-refractivity contribution is 0.0338. The minimum absolute atomic E-state index is 0.254. The van der Waals surface area contributed by atoms with Crippen molar-refractivity contribution < 1.29 is 4.79 Å². The fourth-order valence-electron chi connectivity index (χ4n) is 3.19. The predicted molar refractivity (Wildman–Crippen MR) is 71.6 cm³/mol. The number of fused-ring (bicyclic) bond motifs is 1. The maximum absolute atomic E-state index is 12.2. The van der Waals surface area contributed by atoms with Gasteiger partial charge in [-0.1, -0.05) is 30.3 Å². The molecule has 0 saturated carbocycles. The molecule has 0 amide bonds. The number of nitrogens with zero attached hydrogens (tertiary/aromatic N) is 2. The summed E-state index contributed by atoms with van der Waals surface area (Å²) in [6, 6.07) is 9.66. The highest BCUT2D eigenvalue weighted by Gasteiger charge is 2.33. The standard InChI is InChI=1S/C15H20N2O/c18-14(13-6-2-1-3-7-13)12-17-11-5-10-16-9-4-8-15(16)17/h1-3,6-7,15H,4-5,8-12H2. The van der Waals surface area contributed by atoms with Crippen LogP contribution < -0.4 is 0 Å². The molecule has 2 heterocycles. The van der Waals surface area contributed by atoms with Crippen molar-refractivity contribution in [2.24, 2.45) is 0 Å². The van der Waals surface area contributed by atoms with Crippen molar-refractivity contribution in [1.82, 2.24) is 9.80 Å². The van der Waals surface area contributed by atoms with Crippen LogP contribution >= 0.6 is 0 Å². The van der Waals surface area contributed by atoms with Crippen LogP contribution in [-0.4, -0.2) is 47.9 Å². The SMILES string of the molecule is O=C(CN1CCCN2CCCC21)c1ccccc1. The summed E-state index contributed by atoms with van der Waals surface area (Å²) in [5.74, 6) is 0.254. The number of benzene rings is 1. The minimum atomic E-state index is 0.254. The molecule has 1 aromatic carbocycles. The van der Waals surface area contributed by atoms with Crippen LogP contribution in [0.15, 0.2) is 30.3 Å². The fourth-order valence-corrected chi connectivity index (χ4v) is 3.19. The van der Waals surface area contributed by atoms with E-state index in [1.165, 1.54) is 32.4 Å². The van der Waals surface area contributed by atoms with Crippen molar-refractivity contribution in [2.75, 3.05) is 26.2 Å². The van der Waals surface area contributed by atoms with Gasteiger partial charge >= 0.3 is 0 Å². The third kappa shape index (κ3) is 2.33. The molecule has 0 spiro atoms. The van der Waals surface area contributed by atoms with E-state index in [2.05, 4.69) is 9.80 Å². The van der Waals surface area contributed by atoms with Gasteiger partial charge in [-0.25, -0.2) is 0 Å². The number of ketones is 1. The van der Waals surface area contributed by atoms with Crippen molar-refractivity contribution in [3.63, 3.8) is 0 Å². The molecule has 1 aromatic rings. The summed E-state index contributed by atoms with van der Waals surface area (Å²) in [6.45, 7) is 4.06. The number of Topliss-reactive ketones (excluding diaryl/α,β-unsaturated/α-hetero) is 1. The zero-order valence-electron chi connectivity index (χ0n) is 10.7. The lowest BCUT2D eigenvalue weighted by Crippen LogP contribution is -2.51. The summed E-state index contributed by atoms with van der Waals surface area (Å²) in [4.78, 5) is 17.1. The Kier molecular flexibility index (Phi) is 3.43. The summed E-state index contributed by atoms with van der Waals surface area (Å²) in [7, 11) is 0. The van der Waals surface area contributed by atoms with Crippen molar-refractivity contribution >= 4 is 5.78 Å². The first-order chi connectivity index (χ1) is 8.84. The maximum atomic E-state index is 12.2. The molecule has 0 N–H and O–H groups in total. The Labute approximate surface area is 108 Å². The summed E-state index contributed by atoms with van der Waals surface area (Å²) >= 11 is 0. The summed E-state index contributed by atoms with van der Waals surface area (Å²) in [5.41, 5.74) is 0.840. The van der Waals surface area contributed by atoms with E-state index >= 15 is 0 Å². The first kappa shape index (κ1) is 11.9. The highest BCUT2D eigenvalue weighted by Crippen LogP contribution is 2.25.